The third-order valence-corrected chi connectivity index (χ3v) is 5.59. The first kappa shape index (κ1) is 13.1. The van der Waals surface area contributed by atoms with Crippen molar-refractivity contribution in [3.8, 4) is 0 Å². The second kappa shape index (κ2) is 6.06. The zero-order chi connectivity index (χ0) is 13.1. The lowest BCUT2D eigenvalue weighted by atomic mass is 9.85. The number of benzene rings is 1. The topological polar surface area (TPSA) is 12.0 Å². The zero-order valence-corrected chi connectivity index (χ0v) is 12.5. The average Bonchev–Trinajstić information content (AvgIpc) is 3.08. The quantitative estimate of drug-likeness (QED) is 0.847. The normalized spacial score (nSPS) is 18.2. The van der Waals surface area contributed by atoms with E-state index in [1.54, 1.807) is 5.56 Å². The van der Waals surface area contributed by atoms with Crippen LogP contribution in [0.2, 0.25) is 0 Å². The number of hydrogen-bond donors (Lipinski definition) is 1. The molecule has 0 amide bonds. The molecule has 1 heterocycles. The van der Waals surface area contributed by atoms with Gasteiger partial charge in [-0.15, -0.1) is 11.3 Å². The van der Waals surface area contributed by atoms with E-state index < -0.39 is 0 Å². The fourth-order valence-corrected chi connectivity index (χ4v) is 4.55. The van der Waals surface area contributed by atoms with Crippen molar-refractivity contribution in [1.82, 2.24) is 5.32 Å². The molecule has 1 aromatic carbocycles. The molecule has 19 heavy (non-hydrogen) atoms. The second-order valence-electron chi connectivity index (χ2n) is 5.82. The molecule has 2 aromatic rings. The zero-order valence-electron chi connectivity index (χ0n) is 11.7. The van der Waals surface area contributed by atoms with Crippen molar-refractivity contribution in [3.63, 3.8) is 0 Å². The first-order chi connectivity index (χ1) is 9.38. The fraction of sp³-hybridized carbons (Fsp3) is 0.529. The van der Waals surface area contributed by atoms with Gasteiger partial charge >= 0.3 is 0 Å². The van der Waals surface area contributed by atoms with E-state index in [0.717, 1.165) is 18.4 Å². The molecule has 1 aromatic heterocycles. The third-order valence-electron chi connectivity index (χ3n) is 4.58. The van der Waals surface area contributed by atoms with Gasteiger partial charge in [0.25, 0.3) is 0 Å². The third kappa shape index (κ3) is 2.85. The van der Waals surface area contributed by atoms with Crippen molar-refractivity contribution in [2.45, 2.75) is 32.1 Å². The van der Waals surface area contributed by atoms with Gasteiger partial charge in [-0.3, -0.25) is 0 Å². The molecule has 0 aliphatic heterocycles. The number of fused-ring (bicyclic) bond motifs is 1. The number of thiophene rings is 1. The van der Waals surface area contributed by atoms with Crippen LogP contribution in [0.15, 0.2) is 29.6 Å². The first-order valence-corrected chi connectivity index (χ1v) is 8.36. The Morgan fingerprint density at radius 2 is 2.05 bits per heavy atom. The lowest BCUT2D eigenvalue weighted by Gasteiger charge is -2.23. The minimum Gasteiger partial charge on any atom is -0.319 e. The van der Waals surface area contributed by atoms with Crippen molar-refractivity contribution in [1.29, 1.82) is 0 Å². The molecule has 3 rings (SSSR count). The summed E-state index contributed by atoms with van der Waals surface area (Å²) in [7, 11) is 2.09. The Morgan fingerprint density at radius 3 is 2.84 bits per heavy atom. The summed E-state index contributed by atoms with van der Waals surface area (Å²) in [5, 5.41) is 7.26. The first-order valence-electron chi connectivity index (χ1n) is 7.48. The lowest BCUT2D eigenvalue weighted by molar-refractivity contribution is 0.329. The van der Waals surface area contributed by atoms with E-state index in [1.165, 1.54) is 42.2 Å². The van der Waals surface area contributed by atoms with E-state index in [1.807, 2.05) is 11.3 Å². The molecule has 1 aliphatic carbocycles. The van der Waals surface area contributed by atoms with Crippen LogP contribution >= 0.6 is 11.3 Å². The molecule has 1 saturated carbocycles. The Labute approximate surface area is 120 Å². The SMILES string of the molecule is CNCC(Cc1csc2ccccc12)C1CCCC1. The Kier molecular flexibility index (Phi) is 4.19. The van der Waals surface area contributed by atoms with Gasteiger partial charge in [-0.25, -0.2) is 0 Å². The second-order valence-corrected chi connectivity index (χ2v) is 6.73. The van der Waals surface area contributed by atoms with Crippen LogP contribution in [0, 0.1) is 11.8 Å². The highest BCUT2D eigenvalue weighted by atomic mass is 32.1. The summed E-state index contributed by atoms with van der Waals surface area (Å²) in [4.78, 5) is 0. The van der Waals surface area contributed by atoms with E-state index in [9.17, 15) is 0 Å². The predicted octanol–water partition coefficient (Wildman–Crippen LogP) is 4.47. The van der Waals surface area contributed by atoms with Gasteiger partial charge in [0.05, 0.1) is 0 Å². The van der Waals surface area contributed by atoms with Crippen molar-refractivity contribution in [2.24, 2.45) is 11.8 Å². The van der Waals surface area contributed by atoms with Crippen LogP contribution < -0.4 is 5.32 Å². The van der Waals surface area contributed by atoms with Crippen LogP contribution in [0.5, 0.6) is 0 Å². The Morgan fingerprint density at radius 1 is 1.26 bits per heavy atom. The molecule has 1 unspecified atom stereocenters. The molecule has 1 fully saturated rings. The molecule has 0 bridgehead atoms. The van der Waals surface area contributed by atoms with E-state index in [-0.39, 0.29) is 0 Å². The molecule has 2 heteroatoms. The van der Waals surface area contributed by atoms with E-state index >= 15 is 0 Å². The van der Waals surface area contributed by atoms with E-state index in [2.05, 4.69) is 42.0 Å². The monoisotopic (exact) mass is 273 g/mol. The van der Waals surface area contributed by atoms with Crippen molar-refractivity contribution >= 4 is 21.4 Å². The van der Waals surface area contributed by atoms with Gasteiger partial charge in [0.1, 0.15) is 0 Å². The van der Waals surface area contributed by atoms with Crippen molar-refractivity contribution in [3.05, 3.63) is 35.2 Å². The highest BCUT2D eigenvalue weighted by molar-refractivity contribution is 7.17. The minimum absolute atomic E-state index is 0.811. The highest BCUT2D eigenvalue weighted by Crippen LogP contribution is 2.35. The molecule has 1 atom stereocenters. The van der Waals surface area contributed by atoms with Crippen LogP contribution in [0.3, 0.4) is 0 Å². The van der Waals surface area contributed by atoms with Gasteiger partial charge in [0.15, 0.2) is 0 Å². The van der Waals surface area contributed by atoms with E-state index in [4.69, 9.17) is 0 Å². The molecule has 0 spiro atoms. The fourth-order valence-electron chi connectivity index (χ4n) is 3.57. The largest absolute Gasteiger partial charge is 0.319 e. The molecular weight excluding hydrogens is 250 g/mol. The highest BCUT2D eigenvalue weighted by Gasteiger charge is 2.25. The summed E-state index contributed by atoms with van der Waals surface area (Å²) < 4.78 is 1.44. The smallest absolute Gasteiger partial charge is 0.0345 e. The van der Waals surface area contributed by atoms with Gasteiger partial charge in [-0.05, 0) is 54.2 Å². The van der Waals surface area contributed by atoms with Crippen LogP contribution in [0.4, 0.5) is 0 Å². The summed E-state index contributed by atoms with van der Waals surface area (Å²) in [6, 6.07) is 8.84. The van der Waals surface area contributed by atoms with Crippen LogP contribution in [-0.4, -0.2) is 13.6 Å². The summed E-state index contributed by atoms with van der Waals surface area (Å²) in [5.74, 6) is 1.75. The van der Waals surface area contributed by atoms with Crippen molar-refractivity contribution < 1.29 is 0 Å². The Balaban J connectivity index is 1.80. The number of rotatable bonds is 5. The molecule has 102 valence electrons. The van der Waals surface area contributed by atoms with Gasteiger partial charge in [-0.2, -0.15) is 0 Å². The standard InChI is InChI=1S/C17H23NS/c1-18-11-14(13-6-2-3-7-13)10-15-12-19-17-9-5-4-8-16(15)17/h4-5,8-9,12-14,18H,2-3,6-7,10-11H2,1H3. The molecule has 0 radical (unpaired) electrons. The predicted molar refractivity (Wildman–Crippen MR) is 84.9 cm³/mol. The maximum absolute atomic E-state index is 3.41. The number of hydrogen-bond acceptors (Lipinski definition) is 2. The van der Waals surface area contributed by atoms with Crippen molar-refractivity contribution in [2.75, 3.05) is 13.6 Å². The summed E-state index contributed by atoms with van der Waals surface area (Å²) in [6.45, 7) is 1.16. The van der Waals surface area contributed by atoms with Crippen LogP contribution in [0.25, 0.3) is 10.1 Å². The van der Waals surface area contributed by atoms with Crippen LogP contribution in [-0.2, 0) is 6.42 Å². The summed E-state index contributed by atoms with van der Waals surface area (Å²) >= 11 is 1.90. The lowest BCUT2D eigenvalue weighted by Crippen LogP contribution is -2.26. The van der Waals surface area contributed by atoms with Gasteiger partial charge < -0.3 is 5.32 Å². The van der Waals surface area contributed by atoms with Gasteiger partial charge in [-0.1, -0.05) is 43.9 Å². The van der Waals surface area contributed by atoms with Crippen LogP contribution in [0.1, 0.15) is 31.2 Å². The minimum atomic E-state index is 0.811. The molecule has 0 saturated heterocycles. The molecule has 1 N–H and O–H groups in total. The molecule has 1 nitrogen and oxygen atoms in total. The number of nitrogens with one attached hydrogen (secondary N) is 1. The van der Waals surface area contributed by atoms with E-state index in [0.29, 0.717) is 0 Å². The maximum atomic E-state index is 3.41. The Hall–Kier alpha value is -0.860. The molecular formula is C17H23NS. The maximum Gasteiger partial charge on any atom is 0.0345 e. The average molecular weight is 273 g/mol. The van der Waals surface area contributed by atoms with Gasteiger partial charge in [0.2, 0.25) is 0 Å². The van der Waals surface area contributed by atoms with Gasteiger partial charge in [0, 0.05) is 4.70 Å². The summed E-state index contributed by atoms with van der Waals surface area (Å²) in [5.41, 5.74) is 1.56. The summed E-state index contributed by atoms with van der Waals surface area (Å²) in [6.07, 6.45) is 7.00. The molecule has 1 aliphatic rings. The Bertz CT molecular complexity index is 525.